The number of aromatic amines is 2. The van der Waals surface area contributed by atoms with E-state index in [-0.39, 0.29) is 0 Å². The molecule has 0 bridgehead atoms. The summed E-state index contributed by atoms with van der Waals surface area (Å²) in [5.74, 6) is 1.58. The van der Waals surface area contributed by atoms with Crippen LogP contribution in [0, 0.1) is 0 Å². The van der Waals surface area contributed by atoms with Gasteiger partial charge in [-0.15, -0.1) is 0 Å². The maximum atomic E-state index is 4.75. The topological polar surface area (TPSA) is 112 Å². The van der Waals surface area contributed by atoms with Crippen molar-refractivity contribution in [1.29, 1.82) is 0 Å². The predicted molar refractivity (Wildman–Crippen MR) is 114 cm³/mol. The molecule has 0 unspecified atom stereocenters. The largest absolute Gasteiger partial charge is 0.371 e. The van der Waals surface area contributed by atoms with Crippen LogP contribution in [0.5, 0.6) is 0 Å². The third-order valence-corrected chi connectivity index (χ3v) is 4.94. The Morgan fingerprint density at radius 2 is 2.10 bits per heavy atom. The number of rotatable bonds is 6. The van der Waals surface area contributed by atoms with Crippen molar-refractivity contribution in [2.75, 3.05) is 24.2 Å². The summed E-state index contributed by atoms with van der Waals surface area (Å²) >= 11 is 0. The van der Waals surface area contributed by atoms with Gasteiger partial charge in [-0.05, 0) is 18.2 Å². The van der Waals surface area contributed by atoms with Gasteiger partial charge in [-0.3, -0.25) is 0 Å². The number of fused-ring (bicyclic) bond motifs is 3. The van der Waals surface area contributed by atoms with Gasteiger partial charge in [0, 0.05) is 38.6 Å². The molecule has 0 aliphatic carbocycles. The highest BCUT2D eigenvalue weighted by Crippen LogP contribution is 2.31. The van der Waals surface area contributed by atoms with Gasteiger partial charge in [0.1, 0.15) is 17.0 Å². The number of aryl methyl sites for hydroxylation is 1. The number of pyridine rings is 2. The zero-order chi connectivity index (χ0) is 19.8. The van der Waals surface area contributed by atoms with E-state index in [1.54, 1.807) is 12.7 Å². The van der Waals surface area contributed by atoms with E-state index >= 15 is 0 Å². The third-order valence-electron chi connectivity index (χ3n) is 4.94. The van der Waals surface area contributed by atoms with Crippen molar-refractivity contribution in [3.8, 4) is 11.4 Å². The van der Waals surface area contributed by atoms with Gasteiger partial charge >= 0.3 is 0 Å². The maximum absolute atomic E-state index is 4.75. The Kier molecular flexibility index (Phi) is 4.12. The fraction of sp³-hybridized carbons (Fsp3) is 0.200. The van der Waals surface area contributed by atoms with E-state index in [0.717, 1.165) is 63.7 Å². The average molecular weight is 387 g/mol. The summed E-state index contributed by atoms with van der Waals surface area (Å²) in [6, 6.07) is 8.04. The van der Waals surface area contributed by atoms with Gasteiger partial charge in [0.2, 0.25) is 0 Å². The first kappa shape index (κ1) is 17.2. The van der Waals surface area contributed by atoms with Crippen LogP contribution in [0.4, 0.5) is 11.6 Å². The van der Waals surface area contributed by atoms with Crippen LogP contribution in [-0.2, 0) is 13.5 Å². The number of nitrogens with one attached hydrogen (secondary N) is 4. The van der Waals surface area contributed by atoms with E-state index in [4.69, 9.17) is 4.98 Å². The Bertz CT molecular complexity index is 1280. The Labute approximate surface area is 166 Å². The first-order chi connectivity index (χ1) is 14.2. The molecule has 0 aliphatic heterocycles. The second kappa shape index (κ2) is 6.93. The van der Waals surface area contributed by atoms with Crippen LogP contribution in [0.1, 0.15) is 5.69 Å². The van der Waals surface area contributed by atoms with Crippen molar-refractivity contribution in [3.63, 3.8) is 0 Å². The van der Waals surface area contributed by atoms with Crippen LogP contribution in [-0.4, -0.2) is 48.1 Å². The predicted octanol–water partition coefficient (Wildman–Crippen LogP) is 2.93. The fourth-order valence-electron chi connectivity index (χ4n) is 3.54. The molecule has 146 valence electrons. The molecule has 0 radical (unpaired) electrons. The van der Waals surface area contributed by atoms with Gasteiger partial charge in [-0.1, -0.05) is 6.07 Å². The first-order valence-corrected chi connectivity index (χ1v) is 9.43. The molecule has 5 rings (SSSR count). The van der Waals surface area contributed by atoms with Crippen molar-refractivity contribution < 1.29 is 0 Å². The molecule has 9 heteroatoms. The molecule has 5 heterocycles. The Hall–Kier alpha value is -3.88. The number of hydrogen-bond donors (Lipinski definition) is 4. The highest BCUT2D eigenvalue weighted by molar-refractivity contribution is 6.07. The van der Waals surface area contributed by atoms with Crippen molar-refractivity contribution >= 4 is 33.7 Å². The van der Waals surface area contributed by atoms with E-state index < -0.39 is 0 Å². The van der Waals surface area contributed by atoms with Crippen molar-refractivity contribution in [2.45, 2.75) is 6.42 Å². The molecule has 29 heavy (non-hydrogen) atoms. The summed E-state index contributed by atoms with van der Waals surface area (Å²) in [7, 11) is 3.84. The van der Waals surface area contributed by atoms with Gasteiger partial charge in [-0.25, -0.2) is 19.9 Å². The van der Waals surface area contributed by atoms with Crippen molar-refractivity contribution in [2.24, 2.45) is 7.05 Å². The molecule has 0 atom stereocenters. The van der Waals surface area contributed by atoms with Crippen LogP contribution in [0.25, 0.3) is 33.5 Å². The molecule has 0 fully saturated rings. The summed E-state index contributed by atoms with van der Waals surface area (Å²) < 4.78 is 2.01. The number of hydrogen-bond acceptors (Lipinski definition) is 6. The molecule has 0 amide bonds. The van der Waals surface area contributed by atoms with Crippen LogP contribution in [0.2, 0.25) is 0 Å². The Morgan fingerprint density at radius 3 is 2.93 bits per heavy atom. The second-order valence-electron chi connectivity index (χ2n) is 6.85. The molecular weight excluding hydrogens is 366 g/mol. The molecule has 4 N–H and O–H groups in total. The smallest absolute Gasteiger partial charge is 0.156 e. The lowest BCUT2D eigenvalue weighted by Crippen LogP contribution is -2.06. The summed E-state index contributed by atoms with van der Waals surface area (Å²) in [5, 5.41) is 7.51. The summed E-state index contributed by atoms with van der Waals surface area (Å²) in [4.78, 5) is 24.5. The van der Waals surface area contributed by atoms with Crippen molar-refractivity contribution in [3.05, 3.63) is 48.8 Å². The lowest BCUT2D eigenvalue weighted by molar-refractivity contribution is 0.951. The minimum absolute atomic E-state index is 0.753. The second-order valence-corrected chi connectivity index (χ2v) is 6.85. The number of anilines is 2. The van der Waals surface area contributed by atoms with E-state index in [0.29, 0.717) is 0 Å². The molecule has 0 saturated heterocycles. The molecule has 0 spiro atoms. The van der Waals surface area contributed by atoms with Crippen LogP contribution in [0.15, 0.2) is 43.1 Å². The van der Waals surface area contributed by atoms with E-state index in [1.807, 2.05) is 43.1 Å². The van der Waals surface area contributed by atoms with E-state index in [2.05, 4.69) is 41.6 Å². The van der Waals surface area contributed by atoms with E-state index in [1.165, 1.54) is 0 Å². The maximum Gasteiger partial charge on any atom is 0.156 e. The SMILES string of the molecule is CNc1nc2[nH]c(-c3cccc(NCCc4c[nH]cn4)n3)cc2c2c1ncn2C. The molecule has 0 saturated carbocycles. The lowest BCUT2D eigenvalue weighted by atomic mass is 10.2. The highest BCUT2D eigenvalue weighted by Gasteiger charge is 2.15. The van der Waals surface area contributed by atoms with Gasteiger partial charge < -0.3 is 25.2 Å². The third kappa shape index (κ3) is 3.06. The molecule has 0 aliphatic rings. The van der Waals surface area contributed by atoms with Gasteiger partial charge in [0.15, 0.2) is 5.82 Å². The first-order valence-electron chi connectivity index (χ1n) is 9.43. The molecule has 5 aromatic heterocycles. The number of imidazole rings is 2. The lowest BCUT2D eigenvalue weighted by Gasteiger charge is -2.06. The van der Waals surface area contributed by atoms with Crippen LogP contribution in [0.3, 0.4) is 0 Å². The number of nitrogens with zero attached hydrogens (tertiary/aromatic N) is 5. The van der Waals surface area contributed by atoms with E-state index in [9.17, 15) is 0 Å². The summed E-state index contributed by atoms with van der Waals surface area (Å²) in [6.07, 6.45) is 6.23. The zero-order valence-corrected chi connectivity index (χ0v) is 16.2. The van der Waals surface area contributed by atoms with Gasteiger partial charge in [0.25, 0.3) is 0 Å². The highest BCUT2D eigenvalue weighted by atomic mass is 15.1. The van der Waals surface area contributed by atoms with Gasteiger partial charge in [0.05, 0.1) is 35.3 Å². The Balaban J connectivity index is 1.47. The average Bonchev–Trinajstić information content (AvgIpc) is 3.47. The van der Waals surface area contributed by atoms with Crippen LogP contribution >= 0.6 is 0 Å². The Morgan fingerprint density at radius 1 is 1.17 bits per heavy atom. The number of aromatic nitrogens is 7. The molecule has 0 aromatic carbocycles. The molecule has 9 nitrogen and oxygen atoms in total. The fourth-order valence-corrected chi connectivity index (χ4v) is 3.54. The number of H-pyrrole nitrogens is 2. The van der Waals surface area contributed by atoms with Crippen molar-refractivity contribution in [1.82, 2.24) is 34.5 Å². The standard InChI is InChI=1S/C20H21N9/c1-21-20-17-18(29(2)11-25-17)13-8-15(27-19(13)28-20)14-4-3-5-16(26-14)23-7-6-12-9-22-10-24-12/h3-5,8-11H,6-7H2,1-2H3,(H,22,24)(H,23,26)(H2,21,27,28). The molecule has 5 aromatic rings. The minimum atomic E-state index is 0.753. The zero-order valence-electron chi connectivity index (χ0n) is 16.2. The quantitative estimate of drug-likeness (QED) is 0.356. The van der Waals surface area contributed by atoms with Crippen LogP contribution < -0.4 is 10.6 Å². The minimum Gasteiger partial charge on any atom is -0.371 e. The summed E-state index contributed by atoms with van der Waals surface area (Å²) in [6.45, 7) is 0.761. The van der Waals surface area contributed by atoms with Gasteiger partial charge in [-0.2, -0.15) is 0 Å². The normalized spacial score (nSPS) is 11.4. The summed E-state index contributed by atoms with van der Waals surface area (Å²) in [5.41, 5.74) is 5.49. The monoisotopic (exact) mass is 387 g/mol. The molecular formula is C20H21N9.